The van der Waals surface area contributed by atoms with Crippen LogP contribution in [0.3, 0.4) is 0 Å². The van der Waals surface area contributed by atoms with Crippen LogP contribution < -0.4 is 0 Å². The zero-order chi connectivity index (χ0) is 21.7. The minimum atomic E-state index is 0.830. The summed E-state index contributed by atoms with van der Waals surface area (Å²) >= 11 is 1.62. The van der Waals surface area contributed by atoms with Gasteiger partial charge in [-0.05, 0) is 74.4 Å². The van der Waals surface area contributed by atoms with Gasteiger partial charge in [-0.25, -0.2) is 4.99 Å². The van der Waals surface area contributed by atoms with E-state index in [-0.39, 0.29) is 0 Å². The van der Waals surface area contributed by atoms with E-state index < -0.39 is 0 Å². The third-order valence-electron chi connectivity index (χ3n) is 5.12. The molecule has 0 unspecified atom stereocenters. The van der Waals surface area contributed by atoms with Crippen LogP contribution >= 0.6 is 11.8 Å². The highest BCUT2D eigenvalue weighted by Gasteiger charge is 2.08. The molecule has 4 heteroatoms. The Kier molecular flexibility index (Phi) is 7.22. The molecule has 3 rings (SSSR count). The lowest BCUT2D eigenvalue weighted by atomic mass is 9.99. The Morgan fingerprint density at radius 3 is 2.67 bits per heavy atom. The van der Waals surface area contributed by atoms with Crippen molar-refractivity contribution in [1.82, 2.24) is 4.90 Å². The lowest BCUT2D eigenvalue weighted by molar-refractivity contribution is 0.552. The third-order valence-corrected chi connectivity index (χ3v) is 6.13. The lowest BCUT2D eigenvalue weighted by Gasteiger charge is -2.12. The van der Waals surface area contributed by atoms with Crippen molar-refractivity contribution in [3.05, 3.63) is 82.5 Å². The molecule has 0 aliphatic rings. The summed E-state index contributed by atoms with van der Waals surface area (Å²) in [6, 6.07) is 14.5. The van der Waals surface area contributed by atoms with E-state index in [1.54, 1.807) is 11.8 Å². The second-order valence-corrected chi connectivity index (χ2v) is 8.68. The predicted molar refractivity (Wildman–Crippen MR) is 133 cm³/mol. The Morgan fingerprint density at radius 2 is 1.93 bits per heavy atom. The maximum absolute atomic E-state index is 5.91. The number of hydrogen-bond donors (Lipinski definition) is 0. The zero-order valence-electron chi connectivity index (χ0n) is 18.5. The van der Waals surface area contributed by atoms with Gasteiger partial charge in [-0.2, -0.15) is 0 Å². The largest absolute Gasteiger partial charge is 0.456 e. The highest BCUT2D eigenvalue weighted by Crippen LogP contribution is 2.32. The highest BCUT2D eigenvalue weighted by atomic mass is 32.2. The van der Waals surface area contributed by atoms with Crippen molar-refractivity contribution < 1.29 is 4.42 Å². The molecule has 3 aromatic rings. The van der Waals surface area contributed by atoms with E-state index in [0.29, 0.717) is 0 Å². The van der Waals surface area contributed by atoms with Crippen LogP contribution in [0, 0.1) is 13.8 Å². The van der Waals surface area contributed by atoms with E-state index in [1.165, 1.54) is 22.3 Å². The van der Waals surface area contributed by atoms with E-state index in [1.807, 2.05) is 31.6 Å². The second kappa shape index (κ2) is 9.86. The van der Waals surface area contributed by atoms with Crippen LogP contribution in [0.2, 0.25) is 0 Å². The first-order chi connectivity index (χ1) is 14.4. The van der Waals surface area contributed by atoms with Crippen LogP contribution in [-0.4, -0.2) is 24.8 Å². The number of fused-ring (bicyclic) bond motifs is 1. The number of thioether (sulfide) groups is 1. The van der Waals surface area contributed by atoms with Crippen molar-refractivity contribution >= 4 is 39.7 Å². The van der Waals surface area contributed by atoms with Crippen LogP contribution in [0.25, 0.3) is 15.9 Å². The van der Waals surface area contributed by atoms with Gasteiger partial charge in [-0.15, -0.1) is 0 Å². The van der Waals surface area contributed by atoms with Crippen molar-refractivity contribution in [2.24, 2.45) is 4.99 Å². The smallest absolute Gasteiger partial charge is 0.141 e. The molecule has 0 amide bonds. The van der Waals surface area contributed by atoms with Crippen molar-refractivity contribution in [2.75, 3.05) is 13.6 Å². The molecule has 0 saturated carbocycles. The quantitative estimate of drug-likeness (QED) is 0.280. The van der Waals surface area contributed by atoms with E-state index in [0.717, 1.165) is 40.3 Å². The number of rotatable bonds is 8. The number of para-hydroxylation sites is 1. The topological polar surface area (TPSA) is 28.7 Å². The van der Waals surface area contributed by atoms with Gasteiger partial charge in [0.15, 0.2) is 0 Å². The molecule has 0 aliphatic carbocycles. The Morgan fingerprint density at radius 1 is 1.17 bits per heavy atom. The minimum absolute atomic E-state index is 0.830. The number of hydrogen-bond acceptors (Lipinski definition) is 3. The molecule has 0 fully saturated rings. The van der Waals surface area contributed by atoms with Gasteiger partial charge in [0.25, 0.3) is 0 Å². The molecule has 0 bridgehead atoms. The molecule has 1 heterocycles. The molecule has 0 atom stereocenters. The number of benzene rings is 2. The first kappa shape index (κ1) is 22.0. The molecule has 0 spiro atoms. The van der Waals surface area contributed by atoms with Gasteiger partial charge in [-0.1, -0.05) is 48.2 Å². The Balaban J connectivity index is 1.68. The number of furan rings is 1. The second-order valence-electron chi connectivity index (χ2n) is 7.71. The van der Waals surface area contributed by atoms with E-state index in [4.69, 9.17) is 4.42 Å². The van der Waals surface area contributed by atoms with Gasteiger partial charge in [0.05, 0.1) is 12.0 Å². The lowest BCUT2D eigenvalue weighted by Crippen LogP contribution is -2.14. The maximum Gasteiger partial charge on any atom is 0.141 e. The summed E-state index contributed by atoms with van der Waals surface area (Å²) in [4.78, 5) is 7.62. The first-order valence-electron chi connectivity index (χ1n) is 10.2. The number of aliphatic imine (C=N–C) groups is 1. The molecule has 0 saturated heterocycles. The van der Waals surface area contributed by atoms with Gasteiger partial charge in [0.2, 0.25) is 0 Å². The average Bonchev–Trinajstić information content (AvgIpc) is 3.17. The van der Waals surface area contributed by atoms with Gasteiger partial charge in [-0.3, -0.25) is 0 Å². The van der Waals surface area contributed by atoms with Crippen LogP contribution in [0.5, 0.6) is 0 Å². The van der Waals surface area contributed by atoms with E-state index in [2.05, 4.69) is 73.8 Å². The van der Waals surface area contributed by atoms with Gasteiger partial charge in [0, 0.05) is 23.9 Å². The molecule has 0 radical (unpaired) electrons. The Labute approximate surface area is 184 Å². The van der Waals surface area contributed by atoms with E-state index in [9.17, 15) is 0 Å². The zero-order valence-corrected chi connectivity index (χ0v) is 19.3. The van der Waals surface area contributed by atoms with Crippen LogP contribution in [0.1, 0.15) is 36.3 Å². The minimum Gasteiger partial charge on any atom is -0.456 e. The van der Waals surface area contributed by atoms with Crippen LogP contribution in [0.4, 0.5) is 5.69 Å². The third kappa shape index (κ3) is 5.45. The molecule has 156 valence electrons. The Hall–Kier alpha value is -2.72. The van der Waals surface area contributed by atoms with Crippen molar-refractivity contribution in [2.45, 2.75) is 34.1 Å². The fraction of sp³-hybridized carbons (Fsp3) is 0.269. The van der Waals surface area contributed by atoms with Crippen molar-refractivity contribution in [1.29, 1.82) is 0 Å². The molecule has 2 aromatic carbocycles. The van der Waals surface area contributed by atoms with E-state index >= 15 is 0 Å². The number of nitrogens with zero attached hydrogens (tertiary/aromatic N) is 2. The van der Waals surface area contributed by atoms with Crippen LogP contribution in [0.15, 0.2) is 69.4 Å². The summed E-state index contributed by atoms with van der Waals surface area (Å²) < 4.78 is 5.91. The maximum atomic E-state index is 5.91. The van der Waals surface area contributed by atoms with Crippen LogP contribution in [-0.2, 0) is 6.42 Å². The summed E-state index contributed by atoms with van der Waals surface area (Å²) in [5.74, 6) is 0.830. The van der Waals surface area contributed by atoms with Crippen molar-refractivity contribution in [3.8, 4) is 0 Å². The molecule has 30 heavy (non-hydrogen) atoms. The SMILES string of the molecule is C=C(S/C=C(\C)Cc1cc(C)c(N=CN(C)CC)cc1C)c1cc2ccccc2o1. The molecule has 0 aliphatic heterocycles. The molecule has 0 N–H and O–H groups in total. The predicted octanol–water partition coefficient (Wildman–Crippen LogP) is 7.51. The first-order valence-corrected chi connectivity index (χ1v) is 11.1. The summed E-state index contributed by atoms with van der Waals surface area (Å²) in [5.41, 5.74) is 7.02. The fourth-order valence-electron chi connectivity index (χ4n) is 3.12. The normalized spacial score (nSPS) is 12.1. The van der Waals surface area contributed by atoms with Gasteiger partial charge >= 0.3 is 0 Å². The highest BCUT2D eigenvalue weighted by molar-refractivity contribution is 8.10. The molecular formula is C26H30N2OS. The summed E-state index contributed by atoms with van der Waals surface area (Å²) in [6.45, 7) is 13.7. The summed E-state index contributed by atoms with van der Waals surface area (Å²) in [6.07, 6.45) is 2.80. The summed E-state index contributed by atoms with van der Waals surface area (Å²) in [5, 5.41) is 3.28. The fourth-order valence-corrected chi connectivity index (χ4v) is 3.77. The number of allylic oxidation sites excluding steroid dienone is 1. The average molecular weight is 419 g/mol. The molecule has 3 nitrogen and oxygen atoms in total. The standard InChI is InChI=1S/C26H30N2OS/c1-7-28(6)17-27-24-14-19(3)23(13-20(24)4)12-18(2)16-30-21(5)26-15-22-10-8-9-11-25(22)29-26/h8-11,13-17H,5,7,12H2,1-4,6H3/b18-16+,27-17?. The van der Waals surface area contributed by atoms with Crippen molar-refractivity contribution in [3.63, 3.8) is 0 Å². The number of aryl methyl sites for hydroxylation is 2. The van der Waals surface area contributed by atoms with Gasteiger partial charge < -0.3 is 9.32 Å². The van der Waals surface area contributed by atoms with Gasteiger partial charge in [0.1, 0.15) is 11.3 Å². The summed E-state index contributed by atoms with van der Waals surface area (Å²) in [7, 11) is 2.03. The molecule has 1 aromatic heterocycles. The monoisotopic (exact) mass is 418 g/mol. The molecular weight excluding hydrogens is 388 g/mol. The Bertz CT molecular complexity index is 1070.